The predicted octanol–water partition coefficient (Wildman–Crippen LogP) is 1.43. The third-order valence-electron chi connectivity index (χ3n) is 1.41. The van der Waals surface area contributed by atoms with Crippen LogP contribution < -0.4 is 11.2 Å². The first-order chi connectivity index (χ1) is 5.70. The summed E-state index contributed by atoms with van der Waals surface area (Å²) >= 11 is 0. The maximum absolute atomic E-state index is 6.91. The van der Waals surface area contributed by atoms with E-state index < -0.39 is 0 Å². The van der Waals surface area contributed by atoms with Gasteiger partial charge in [-0.3, -0.25) is 5.41 Å². The van der Waals surface area contributed by atoms with E-state index in [9.17, 15) is 0 Å². The van der Waals surface area contributed by atoms with Gasteiger partial charge in [0.25, 0.3) is 0 Å². The summed E-state index contributed by atoms with van der Waals surface area (Å²) in [7, 11) is 0. The van der Waals surface area contributed by atoms with Crippen molar-refractivity contribution < 1.29 is 0 Å². The summed E-state index contributed by atoms with van der Waals surface area (Å²) in [4.78, 5) is 0. The summed E-state index contributed by atoms with van der Waals surface area (Å²) in [5.41, 5.74) is 8.66. The molecular weight excluding hydrogens is 152 g/mol. The number of hydrogen-bond donors (Lipinski definition) is 3. The van der Waals surface area contributed by atoms with Crippen LogP contribution in [0.25, 0.3) is 0 Å². The number of nitrogens with zero attached hydrogens (tertiary/aromatic N) is 1. The van der Waals surface area contributed by atoms with Gasteiger partial charge in [0, 0.05) is 5.71 Å². The Balaban J connectivity index is 3.89. The summed E-state index contributed by atoms with van der Waals surface area (Å²) in [6.07, 6.45) is 4.12. The molecule has 0 aromatic carbocycles. The van der Waals surface area contributed by atoms with Crippen LogP contribution in [0.3, 0.4) is 0 Å². The predicted molar refractivity (Wildman–Crippen MR) is 52.3 cm³/mol. The Morgan fingerprint density at radius 3 is 2.17 bits per heavy atom. The van der Waals surface area contributed by atoms with Gasteiger partial charge in [0.05, 0.1) is 0 Å². The minimum atomic E-state index is -0.0975. The molecule has 0 radical (unpaired) electrons. The van der Waals surface area contributed by atoms with Crippen molar-refractivity contribution in [2.45, 2.75) is 39.5 Å². The number of nitrogens with one attached hydrogen (secondary N) is 2. The van der Waals surface area contributed by atoms with Crippen LogP contribution in [0, 0.1) is 5.41 Å². The van der Waals surface area contributed by atoms with E-state index in [2.05, 4.69) is 24.4 Å². The number of nitrogens with two attached hydrogens (primary N) is 1. The molecule has 4 heteroatoms. The summed E-state index contributed by atoms with van der Waals surface area (Å²) in [6.45, 7) is 4.22. The fourth-order valence-corrected chi connectivity index (χ4v) is 0.953. The van der Waals surface area contributed by atoms with Crippen molar-refractivity contribution in [1.29, 1.82) is 5.41 Å². The van der Waals surface area contributed by atoms with Crippen molar-refractivity contribution in [3.8, 4) is 0 Å². The summed E-state index contributed by atoms with van der Waals surface area (Å²) < 4.78 is 0. The molecule has 0 saturated carbocycles. The highest BCUT2D eigenvalue weighted by atomic mass is 15.3. The smallest absolute Gasteiger partial charge is 0.206 e. The van der Waals surface area contributed by atoms with Crippen LogP contribution in [-0.4, -0.2) is 11.7 Å². The van der Waals surface area contributed by atoms with Gasteiger partial charge >= 0.3 is 0 Å². The number of hydrogen-bond acceptors (Lipinski definition) is 2. The third-order valence-corrected chi connectivity index (χ3v) is 1.41. The van der Waals surface area contributed by atoms with Gasteiger partial charge in [-0.1, -0.05) is 26.7 Å². The second-order valence-corrected chi connectivity index (χ2v) is 2.70. The first-order valence-corrected chi connectivity index (χ1v) is 4.36. The Morgan fingerprint density at radius 2 is 1.83 bits per heavy atom. The molecule has 4 nitrogen and oxygen atoms in total. The maximum atomic E-state index is 6.91. The van der Waals surface area contributed by atoms with Gasteiger partial charge in [-0.05, 0) is 12.8 Å². The van der Waals surface area contributed by atoms with E-state index in [1.54, 1.807) is 0 Å². The van der Waals surface area contributed by atoms with Crippen molar-refractivity contribution in [3.05, 3.63) is 0 Å². The Hall–Kier alpha value is -1.06. The SMILES string of the molecule is CCCC(CCC)=NNC(=N)N. The first kappa shape index (κ1) is 10.9. The first-order valence-electron chi connectivity index (χ1n) is 4.36. The van der Waals surface area contributed by atoms with Crippen molar-refractivity contribution in [2.24, 2.45) is 10.8 Å². The molecule has 0 amide bonds. The quantitative estimate of drug-likeness (QED) is 0.331. The normalized spacial score (nSPS) is 9.17. The molecule has 0 unspecified atom stereocenters. The van der Waals surface area contributed by atoms with Crippen LogP contribution in [0.5, 0.6) is 0 Å². The lowest BCUT2D eigenvalue weighted by molar-refractivity contribution is 0.876. The molecule has 0 spiro atoms. The second-order valence-electron chi connectivity index (χ2n) is 2.70. The molecule has 4 N–H and O–H groups in total. The van der Waals surface area contributed by atoms with E-state index in [0.717, 1.165) is 31.4 Å². The van der Waals surface area contributed by atoms with E-state index in [4.69, 9.17) is 11.1 Å². The van der Waals surface area contributed by atoms with Gasteiger partial charge in [-0.15, -0.1) is 0 Å². The average molecular weight is 170 g/mol. The van der Waals surface area contributed by atoms with E-state index in [1.807, 2.05) is 0 Å². The van der Waals surface area contributed by atoms with Crippen LogP contribution in [0.4, 0.5) is 0 Å². The molecule has 0 saturated heterocycles. The van der Waals surface area contributed by atoms with Crippen LogP contribution in [0.2, 0.25) is 0 Å². The highest BCUT2D eigenvalue weighted by Gasteiger charge is 1.96. The molecular formula is C8H18N4. The third kappa shape index (κ3) is 5.70. The zero-order chi connectivity index (χ0) is 9.40. The van der Waals surface area contributed by atoms with Crippen LogP contribution >= 0.6 is 0 Å². The van der Waals surface area contributed by atoms with Gasteiger partial charge in [0.15, 0.2) is 0 Å². The van der Waals surface area contributed by atoms with E-state index in [1.165, 1.54) is 0 Å². The number of hydrazone groups is 1. The van der Waals surface area contributed by atoms with Crippen LogP contribution in [-0.2, 0) is 0 Å². The van der Waals surface area contributed by atoms with Crippen molar-refractivity contribution >= 4 is 11.7 Å². The monoisotopic (exact) mass is 170 g/mol. The van der Waals surface area contributed by atoms with Crippen LogP contribution in [0.1, 0.15) is 39.5 Å². The van der Waals surface area contributed by atoms with Gasteiger partial charge in [0.2, 0.25) is 5.96 Å². The second kappa shape index (κ2) is 6.64. The molecule has 0 fully saturated rings. The topological polar surface area (TPSA) is 74.3 Å². The minimum absolute atomic E-state index is 0.0975. The Morgan fingerprint density at radius 1 is 1.33 bits per heavy atom. The number of guanidine groups is 1. The highest BCUT2D eigenvalue weighted by molar-refractivity contribution is 5.86. The Labute approximate surface area is 73.7 Å². The minimum Gasteiger partial charge on any atom is -0.369 e. The fraction of sp³-hybridized carbons (Fsp3) is 0.750. The van der Waals surface area contributed by atoms with E-state index >= 15 is 0 Å². The standard InChI is InChI=1S/C8H18N4/c1-3-5-7(6-4-2)11-12-8(9)10/h3-6H2,1-2H3,(H4,9,10,12). The molecule has 0 atom stereocenters. The van der Waals surface area contributed by atoms with E-state index in [0.29, 0.717) is 0 Å². The summed E-state index contributed by atoms with van der Waals surface area (Å²) in [5.74, 6) is -0.0975. The molecule has 70 valence electrons. The van der Waals surface area contributed by atoms with Gasteiger partial charge in [-0.2, -0.15) is 5.10 Å². The zero-order valence-corrected chi connectivity index (χ0v) is 7.85. The molecule has 0 aromatic heterocycles. The molecule has 0 aliphatic carbocycles. The zero-order valence-electron chi connectivity index (χ0n) is 7.85. The van der Waals surface area contributed by atoms with Crippen LogP contribution in [0.15, 0.2) is 5.10 Å². The van der Waals surface area contributed by atoms with Crippen molar-refractivity contribution in [3.63, 3.8) is 0 Å². The van der Waals surface area contributed by atoms with Crippen molar-refractivity contribution in [2.75, 3.05) is 0 Å². The number of rotatable bonds is 5. The van der Waals surface area contributed by atoms with Crippen molar-refractivity contribution in [1.82, 2.24) is 5.43 Å². The Bertz CT molecular complexity index is 154. The lowest BCUT2D eigenvalue weighted by Crippen LogP contribution is -2.26. The molecule has 0 aromatic rings. The molecule has 0 heterocycles. The van der Waals surface area contributed by atoms with E-state index in [-0.39, 0.29) is 5.96 Å². The lowest BCUT2D eigenvalue weighted by Gasteiger charge is -2.03. The molecule has 0 aliphatic heterocycles. The molecule has 0 rings (SSSR count). The summed E-state index contributed by atoms with van der Waals surface area (Å²) in [5, 5.41) is 10.9. The average Bonchev–Trinajstić information content (AvgIpc) is 2.01. The maximum Gasteiger partial charge on any atom is 0.206 e. The summed E-state index contributed by atoms with van der Waals surface area (Å²) in [6, 6.07) is 0. The fourth-order valence-electron chi connectivity index (χ4n) is 0.953. The van der Waals surface area contributed by atoms with Gasteiger partial charge in [0.1, 0.15) is 0 Å². The molecule has 12 heavy (non-hydrogen) atoms. The highest BCUT2D eigenvalue weighted by Crippen LogP contribution is 1.99. The van der Waals surface area contributed by atoms with Gasteiger partial charge < -0.3 is 5.73 Å². The van der Waals surface area contributed by atoms with Gasteiger partial charge in [-0.25, -0.2) is 5.43 Å². The molecule has 0 aliphatic rings. The lowest BCUT2D eigenvalue weighted by atomic mass is 10.1. The Kier molecular flexibility index (Phi) is 6.05. The largest absolute Gasteiger partial charge is 0.369 e. The molecule has 0 bridgehead atoms.